The van der Waals surface area contributed by atoms with Gasteiger partial charge in [0.25, 0.3) is 0 Å². The molecule has 0 aliphatic heterocycles. The fraction of sp³-hybridized carbons (Fsp3) is 0.318. The lowest BCUT2D eigenvalue weighted by Gasteiger charge is -2.14. The molecule has 3 aromatic rings. The van der Waals surface area contributed by atoms with Gasteiger partial charge in [0.1, 0.15) is 17.3 Å². The van der Waals surface area contributed by atoms with Gasteiger partial charge in [-0.2, -0.15) is 0 Å². The highest BCUT2D eigenvalue weighted by molar-refractivity contribution is 5.93. The van der Waals surface area contributed by atoms with Crippen LogP contribution in [0.1, 0.15) is 18.4 Å². The van der Waals surface area contributed by atoms with E-state index in [1.807, 2.05) is 19.9 Å². The summed E-state index contributed by atoms with van der Waals surface area (Å²) in [5, 5.41) is 1.22. The summed E-state index contributed by atoms with van der Waals surface area (Å²) in [4.78, 5) is 13.0. The quantitative estimate of drug-likeness (QED) is 0.623. The highest BCUT2D eigenvalue weighted by Crippen LogP contribution is 2.42. The van der Waals surface area contributed by atoms with E-state index < -0.39 is 0 Å². The van der Waals surface area contributed by atoms with Crippen LogP contribution in [-0.4, -0.2) is 27.9 Å². The van der Waals surface area contributed by atoms with Crippen LogP contribution >= 0.6 is 0 Å². The Hall–Kier alpha value is -3.15. The molecule has 0 aliphatic rings. The fourth-order valence-corrected chi connectivity index (χ4v) is 3.43. The van der Waals surface area contributed by atoms with Gasteiger partial charge in [0, 0.05) is 0 Å². The van der Waals surface area contributed by atoms with Crippen LogP contribution in [0.25, 0.3) is 21.9 Å². The minimum atomic E-state index is -0.140. The van der Waals surface area contributed by atoms with E-state index in [0.717, 1.165) is 5.56 Å². The van der Waals surface area contributed by atoms with Crippen molar-refractivity contribution in [3.63, 3.8) is 0 Å². The predicted molar refractivity (Wildman–Crippen MR) is 108 cm³/mol. The number of hydrogen-bond donors (Lipinski definition) is 0. The third kappa shape index (κ3) is 3.26. The number of rotatable bonds is 6. The van der Waals surface area contributed by atoms with E-state index in [2.05, 4.69) is 0 Å². The first-order valence-corrected chi connectivity index (χ1v) is 8.96. The average molecular weight is 384 g/mol. The molecule has 6 heteroatoms. The van der Waals surface area contributed by atoms with Gasteiger partial charge in [-0.05, 0) is 56.2 Å². The van der Waals surface area contributed by atoms with E-state index in [-0.39, 0.29) is 5.43 Å². The summed E-state index contributed by atoms with van der Waals surface area (Å²) < 4.78 is 27.8. The lowest BCUT2D eigenvalue weighted by molar-refractivity contribution is 0.324. The van der Waals surface area contributed by atoms with Crippen molar-refractivity contribution < 1.29 is 23.4 Å². The molecule has 0 radical (unpaired) electrons. The van der Waals surface area contributed by atoms with Gasteiger partial charge >= 0.3 is 0 Å². The second-order valence-corrected chi connectivity index (χ2v) is 6.28. The summed E-state index contributed by atoms with van der Waals surface area (Å²) in [7, 11) is 4.66. The Labute approximate surface area is 163 Å². The molecule has 148 valence electrons. The zero-order valence-corrected chi connectivity index (χ0v) is 17.0. The Kier molecular flexibility index (Phi) is 5.49. The first kappa shape index (κ1) is 19.6. The van der Waals surface area contributed by atoms with Gasteiger partial charge in [-0.25, -0.2) is 0 Å². The maximum absolute atomic E-state index is 13.0. The summed E-state index contributed by atoms with van der Waals surface area (Å²) in [6.07, 6.45) is 0. The standard InChI is InChI=1S/C22H24O6/c1-7-27-17-9-14(8-16(23)20-12(2)28-13(3)21(17)20)15-10-18(24-4)22(26-6)19(11-15)25-5/h8-11H,7H2,1-6H3. The van der Waals surface area contributed by atoms with E-state index in [4.69, 9.17) is 23.4 Å². The van der Waals surface area contributed by atoms with Crippen molar-refractivity contribution in [1.82, 2.24) is 0 Å². The second-order valence-electron chi connectivity index (χ2n) is 6.28. The summed E-state index contributed by atoms with van der Waals surface area (Å²) in [5.41, 5.74) is 1.29. The number of hydrogen-bond acceptors (Lipinski definition) is 6. The zero-order valence-electron chi connectivity index (χ0n) is 17.0. The molecule has 28 heavy (non-hydrogen) atoms. The molecule has 1 aromatic heterocycles. The van der Waals surface area contributed by atoms with Crippen molar-refractivity contribution >= 4 is 10.8 Å². The zero-order chi connectivity index (χ0) is 20.4. The van der Waals surface area contributed by atoms with Crippen molar-refractivity contribution in [2.45, 2.75) is 20.8 Å². The van der Waals surface area contributed by atoms with Crippen LogP contribution in [0.3, 0.4) is 0 Å². The number of methoxy groups -OCH3 is 3. The van der Waals surface area contributed by atoms with Crippen LogP contribution in [0, 0.1) is 13.8 Å². The van der Waals surface area contributed by atoms with Gasteiger partial charge in [0.15, 0.2) is 16.9 Å². The maximum atomic E-state index is 13.0. The van der Waals surface area contributed by atoms with Crippen molar-refractivity contribution in [1.29, 1.82) is 0 Å². The molecule has 3 rings (SSSR count). The molecule has 0 fully saturated rings. The molecule has 0 bridgehead atoms. The average Bonchev–Trinajstić information content (AvgIpc) is 2.89. The van der Waals surface area contributed by atoms with Crippen LogP contribution in [0.15, 0.2) is 33.5 Å². The molecule has 0 N–H and O–H groups in total. The van der Waals surface area contributed by atoms with E-state index in [0.29, 0.717) is 57.5 Å². The highest BCUT2D eigenvalue weighted by atomic mass is 16.5. The normalized spacial score (nSPS) is 10.8. The lowest BCUT2D eigenvalue weighted by atomic mass is 10.1. The third-order valence-electron chi connectivity index (χ3n) is 4.62. The van der Waals surface area contributed by atoms with Crippen molar-refractivity contribution in [3.8, 4) is 34.1 Å². The Morgan fingerprint density at radius 3 is 1.86 bits per heavy atom. The molecule has 6 nitrogen and oxygen atoms in total. The molecule has 0 saturated heterocycles. The molecule has 0 unspecified atom stereocenters. The molecule has 0 spiro atoms. The van der Waals surface area contributed by atoms with E-state index in [9.17, 15) is 4.79 Å². The Bertz CT molecular complexity index is 1060. The molecule has 2 aromatic carbocycles. The van der Waals surface area contributed by atoms with Gasteiger partial charge in [-0.3, -0.25) is 4.79 Å². The number of fused-ring (bicyclic) bond motifs is 1. The molecule has 1 heterocycles. The maximum Gasteiger partial charge on any atom is 0.203 e. The highest BCUT2D eigenvalue weighted by Gasteiger charge is 2.18. The minimum Gasteiger partial charge on any atom is -0.493 e. The fourth-order valence-electron chi connectivity index (χ4n) is 3.43. The summed E-state index contributed by atoms with van der Waals surface area (Å²) >= 11 is 0. The number of ether oxygens (including phenoxy) is 4. The first-order valence-electron chi connectivity index (χ1n) is 8.96. The van der Waals surface area contributed by atoms with Crippen LogP contribution in [0.4, 0.5) is 0 Å². The lowest BCUT2D eigenvalue weighted by Crippen LogP contribution is -1.97. The molecular weight excluding hydrogens is 360 g/mol. The minimum absolute atomic E-state index is 0.140. The third-order valence-corrected chi connectivity index (χ3v) is 4.62. The second kappa shape index (κ2) is 7.84. The summed E-state index contributed by atoms with van der Waals surface area (Å²) in [6, 6.07) is 7.03. The van der Waals surface area contributed by atoms with E-state index in [1.54, 1.807) is 46.5 Å². The number of benzene rings is 1. The van der Waals surface area contributed by atoms with E-state index in [1.165, 1.54) is 0 Å². The summed E-state index contributed by atoms with van der Waals surface area (Å²) in [5.74, 6) is 3.33. The van der Waals surface area contributed by atoms with Gasteiger partial charge in [0.2, 0.25) is 5.75 Å². The molecular formula is C22H24O6. The van der Waals surface area contributed by atoms with Gasteiger partial charge in [-0.15, -0.1) is 0 Å². The molecule has 0 aliphatic carbocycles. The van der Waals surface area contributed by atoms with Crippen molar-refractivity contribution in [2.75, 3.05) is 27.9 Å². The molecule has 0 amide bonds. The van der Waals surface area contributed by atoms with Gasteiger partial charge < -0.3 is 23.4 Å². The molecule has 0 saturated carbocycles. The van der Waals surface area contributed by atoms with Crippen molar-refractivity contribution in [3.05, 3.63) is 46.0 Å². The van der Waals surface area contributed by atoms with Gasteiger partial charge in [0.05, 0.1) is 38.7 Å². The Morgan fingerprint density at radius 2 is 1.32 bits per heavy atom. The Balaban J connectivity index is 2.37. The van der Waals surface area contributed by atoms with Gasteiger partial charge in [-0.1, -0.05) is 0 Å². The first-order chi connectivity index (χ1) is 13.4. The van der Waals surface area contributed by atoms with Crippen LogP contribution in [0.5, 0.6) is 23.0 Å². The van der Waals surface area contributed by atoms with Crippen LogP contribution < -0.4 is 24.4 Å². The molecule has 0 atom stereocenters. The SMILES string of the molecule is CCOc1cc(-c2cc(OC)c(OC)c(OC)c2)cc(=O)c2c(C)oc(C)c12. The van der Waals surface area contributed by atoms with Crippen molar-refractivity contribution in [2.24, 2.45) is 0 Å². The largest absolute Gasteiger partial charge is 0.493 e. The number of aryl methyl sites for hydroxylation is 2. The van der Waals surface area contributed by atoms with Crippen LogP contribution in [-0.2, 0) is 0 Å². The predicted octanol–water partition coefficient (Wildman–Crippen LogP) is 4.50. The van der Waals surface area contributed by atoms with E-state index >= 15 is 0 Å². The number of furan rings is 1. The Morgan fingerprint density at radius 1 is 0.786 bits per heavy atom. The summed E-state index contributed by atoms with van der Waals surface area (Å²) in [6.45, 7) is 5.98. The van der Waals surface area contributed by atoms with Crippen LogP contribution in [0.2, 0.25) is 0 Å². The smallest absolute Gasteiger partial charge is 0.203 e. The monoisotopic (exact) mass is 384 g/mol. The topological polar surface area (TPSA) is 67.1 Å².